The molecule has 1 heterocycles. The molecule has 0 spiro atoms. The van der Waals surface area contributed by atoms with Crippen LogP contribution in [-0.4, -0.2) is 25.4 Å². The first kappa shape index (κ1) is 17.0. The molecule has 21 heavy (non-hydrogen) atoms. The van der Waals surface area contributed by atoms with Crippen molar-refractivity contribution in [2.24, 2.45) is 0 Å². The zero-order valence-electron chi connectivity index (χ0n) is 11.9. The normalized spacial score (nSPS) is 11.8. The quantitative estimate of drug-likeness (QED) is 0.595. The molecule has 0 aliphatic heterocycles. The van der Waals surface area contributed by atoms with E-state index in [2.05, 4.69) is 61.0 Å². The Hall–Kier alpha value is -0.390. The third-order valence-corrected chi connectivity index (χ3v) is 5.99. The minimum absolute atomic E-state index is 0.0664. The molecule has 6 heteroatoms. The lowest BCUT2D eigenvalue weighted by Crippen LogP contribution is -2.34. The van der Waals surface area contributed by atoms with Crippen molar-refractivity contribution in [2.45, 2.75) is 31.7 Å². The first-order valence-electron chi connectivity index (χ1n) is 6.90. The summed E-state index contributed by atoms with van der Waals surface area (Å²) in [5.41, 5.74) is 1.18. The van der Waals surface area contributed by atoms with Crippen LogP contribution in [0.4, 0.5) is 0 Å². The molecule has 0 N–H and O–H groups in total. The highest BCUT2D eigenvalue weighted by atomic mass is 79.9. The summed E-state index contributed by atoms with van der Waals surface area (Å²) in [5.74, 6) is 1.02. The van der Waals surface area contributed by atoms with Crippen LogP contribution in [0.3, 0.4) is 0 Å². The van der Waals surface area contributed by atoms with Crippen LogP contribution in [0.5, 0.6) is 0 Å². The average molecular weight is 436 g/mol. The van der Waals surface area contributed by atoms with Gasteiger partial charge in [-0.1, -0.05) is 62.5 Å². The predicted molar refractivity (Wildman–Crippen MR) is 94.7 cm³/mol. The Morgan fingerprint density at radius 3 is 2.43 bits per heavy atom. The third kappa shape index (κ3) is 3.88. The lowest BCUT2D eigenvalue weighted by atomic mass is 9.81. The fraction of sp³-hybridized carbons (Fsp3) is 0.467. The maximum Gasteiger partial charge on any atom is 0.138 e. The van der Waals surface area contributed by atoms with Gasteiger partial charge in [-0.2, -0.15) is 5.10 Å². The SMILES string of the molecule is CCCn1ncnc1CC(CBr)(CBr)c1ccc(Cl)cc1. The van der Waals surface area contributed by atoms with Crippen molar-refractivity contribution in [1.29, 1.82) is 0 Å². The highest BCUT2D eigenvalue weighted by Gasteiger charge is 2.32. The number of hydrogen-bond donors (Lipinski definition) is 0. The minimum atomic E-state index is -0.0664. The van der Waals surface area contributed by atoms with Crippen LogP contribution in [0.25, 0.3) is 0 Å². The Morgan fingerprint density at radius 1 is 1.19 bits per heavy atom. The van der Waals surface area contributed by atoms with Gasteiger partial charge in [0.05, 0.1) is 0 Å². The Bertz CT molecular complexity index is 565. The molecule has 1 aromatic carbocycles. The van der Waals surface area contributed by atoms with Gasteiger partial charge in [0, 0.05) is 34.1 Å². The average Bonchev–Trinajstić information content (AvgIpc) is 2.93. The Kier molecular flexibility index (Phi) is 6.26. The molecule has 0 unspecified atom stereocenters. The second-order valence-electron chi connectivity index (χ2n) is 5.13. The minimum Gasteiger partial charge on any atom is -0.250 e. The van der Waals surface area contributed by atoms with Gasteiger partial charge in [-0.15, -0.1) is 0 Å². The summed E-state index contributed by atoms with van der Waals surface area (Å²) in [6.45, 7) is 3.05. The van der Waals surface area contributed by atoms with Crippen molar-refractivity contribution in [1.82, 2.24) is 14.8 Å². The van der Waals surface area contributed by atoms with Crippen LogP contribution in [-0.2, 0) is 18.4 Å². The largest absolute Gasteiger partial charge is 0.250 e. The van der Waals surface area contributed by atoms with Crippen molar-refractivity contribution in [3.63, 3.8) is 0 Å². The van der Waals surface area contributed by atoms with Crippen LogP contribution in [0.1, 0.15) is 24.7 Å². The van der Waals surface area contributed by atoms with E-state index in [9.17, 15) is 0 Å². The van der Waals surface area contributed by atoms with E-state index in [4.69, 9.17) is 11.6 Å². The van der Waals surface area contributed by atoms with E-state index in [0.29, 0.717) is 0 Å². The molecule has 0 saturated carbocycles. The van der Waals surface area contributed by atoms with Crippen LogP contribution < -0.4 is 0 Å². The summed E-state index contributed by atoms with van der Waals surface area (Å²) in [6.07, 6.45) is 3.51. The van der Waals surface area contributed by atoms with Crippen LogP contribution in [0.15, 0.2) is 30.6 Å². The van der Waals surface area contributed by atoms with Gasteiger partial charge in [-0.05, 0) is 24.1 Å². The van der Waals surface area contributed by atoms with E-state index in [-0.39, 0.29) is 5.41 Å². The molecule has 114 valence electrons. The van der Waals surface area contributed by atoms with Crippen LogP contribution in [0, 0.1) is 0 Å². The molecule has 0 saturated heterocycles. The topological polar surface area (TPSA) is 30.7 Å². The van der Waals surface area contributed by atoms with Crippen LogP contribution >= 0.6 is 43.5 Å². The van der Waals surface area contributed by atoms with Crippen molar-refractivity contribution >= 4 is 43.5 Å². The molecule has 3 nitrogen and oxygen atoms in total. The number of aromatic nitrogens is 3. The standard InChI is InChI=1S/C15H18Br2ClN3/c1-2-7-21-14(19-11-20-21)8-15(9-16,10-17)12-3-5-13(18)6-4-12/h3-6,11H,2,7-10H2,1H3. The number of hydrogen-bond acceptors (Lipinski definition) is 2. The number of rotatable bonds is 7. The fourth-order valence-electron chi connectivity index (χ4n) is 2.32. The van der Waals surface area contributed by atoms with E-state index in [1.807, 2.05) is 16.8 Å². The highest BCUT2D eigenvalue weighted by molar-refractivity contribution is 9.09. The van der Waals surface area contributed by atoms with E-state index in [0.717, 1.165) is 40.9 Å². The lowest BCUT2D eigenvalue weighted by molar-refractivity contribution is 0.489. The van der Waals surface area contributed by atoms with Gasteiger partial charge in [0.15, 0.2) is 0 Å². The molecule has 0 aliphatic carbocycles. The summed E-state index contributed by atoms with van der Waals surface area (Å²) in [5, 5.41) is 6.75. The molecule has 2 rings (SSSR count). The molecule has 0 atom stereocenters. The first-order valence-corrected chi connectivity index (χ1v) is 9.52. The smallest absolute Gasteiger partial charge is 0.138 e. The summed E-state index contributed by atoms with van der Waals surface area (Å²) in [7, 11) is 0. The van der Waals surface area contributed by atoms with E-state index in [1.165, 1.54) is 5.56 Å². The van der Waals surface area contributed by atoms with Crippen molar-refractivity contribution < 1.29 is 0 Å². The van der Waals surface area contributed by atoms with Crippen molar-refractivity contribution in [3.05, 3.63) is 47.0 Å². The molecular formula is C15H18Br2ClN3. The Balaban J connectivity index is 2.33. The summed E-state index contributed by atoms with van der Waals surface area (Å²) in [6, 6.07) is 8.05. The van der Waals surface area contributed by atoms with Gasteiger partial charge in [0.25, 0.3) is 0 Å². The number of aryl methyl sites for hydroxylation is 1. The molecule has 0 fully saturated rings. The van der Waals surface area contributed by atoms with E-state index >= 15 is 0 Å². The number of halogens is 3. The Morgan fingerprint density at radius 2 is 1.86 bits per heavy atom. The molecule has 0 aliphatic rings. The summed E-state index contributed by atoms with van der Waals surface area (Å²) < 4.78 is 2.00. The monoisotopic (exact) mass is 433 g/mol. The highest BCUT2D eigenvalue weighted by Crippen LogP contribution is 2.33. The number of benzene rings is 1. The second kappa shape index (κ2) is 7.75. The van der Waals surface area contributed by atoms with Crippen molar-refractivity contribution in [2.75, 3.05) is 10.7 Å². The van der Waals surface area contributed by atoms with Gasteiger partial charge in [0.2, 0.25) is 0 Å². The maximum absolute atomic E-state index is 6.01. The number of alkyl halides is 2. The van der Waals surface area contributed by atoms with E-state index in [1.54, 1.807) is 6.33 Å². The van der Waals surface area contributed by atoms with Gasteiger partial charge in [-0.25, -0.2) is 4.98 Å². The second-order valence-corrected chi connectivity index (χ2v) is 6.69. The third-order valence-electron chi connectivity index (χ3n) is 3.60. The summed E-state index contributed by atoms with van der Waals surface area (Å²) >= 11 is 13.4. The molecular weight excluding hydrogens is 417 g/mol. The van der Waals surface area contributed by atoms with Crippen molar-refractivity contribution in [3.8, 4) is 0 Å². The van der Waals surface area contributed by atoms with E-state index < -0.39 is 0 Å². The molecule has 0 amide bonds. The Labute approximate surface area is 147 Å². The first-order chi connectivity index (χ1) is 10.1. The zero-order valence-corrected chi connectivity index (χ0v) is 15.8. The van der Waals surface area contributed by atoms with Gasteiger partial charge >= 0.3 is 0 Å². The zero-order chi connectivity index (χ0) is 15.3. The lowest BCUT2D eigenvalue weighted by Gasteiger charge is -2.30. The predicted octanol–water partition coefficient (Wildman–Crippen LogP) is 4.61. The fourth-order valence-corrected chi connectivity index (χ4v) is 4.41. The molecule has 0 radical (unpaired) electrons. The van der Waals surface area contributed by atoms with Gasteiger partial charge in [0.1, 0.15) is 12.2 Å². The molecule has 1 aromatic heterocycles. The molecule has 0 bridgehead atoms. The van der Waals surface area contributed by atoms with Gasteiger partial charge in [-0.3, -0.25) is 4.68 Å². The number of nitrogens with zero attached hydrogens (tertiary/aromatic N) is 3. The van der Waals surface area contributed by atoms with Gasteiger partial charge < -0.3 is 0 Å². The molecule has 2 aromatic rings. The van der Waals surface area contributed by atoms with Crippen LogP contribution in [0.2, 0.25) is 5.02 Å². The maximum atomic E-state index is 6.01. The summed E-state index contributed by atoms with van der Waals surface area (Å²) in [4.78, 5) is 4.44.